The number of halogens is 2. The average molecular weight is 577 g/mol. The van der Waals surface area contributed by atoms with Gasteiger partial charge in [0, 0.05) is 31.3 Å². The molecule has 1 spiro atoms. The Balaban J connectivity index is 1.56. The zero-order valence-electron chi connectivity index (χ0n) is 22.2. The van der Waals surface area contributed by atoms with Crippen molar-refractivity contribution in [3.05, 3.63) is 58.4 Å². The van der Waals surface area contributed by atoms with Gasteiger partial charge in [0.1, 0.15) is 6.04 Å². The maximum absolute atomic E-state index is 15.3. The van der Waals surface area contributed by atoms with E-state index in [9.17, 15) is 19.2 Å². The third-order valence-corrected chi connectivity index (χ3v) is 7.29. The number of nitrogens with zero attached hydrogens (tertiary/aromatic N) is 1. The van der Waals surface area contributed by atoms with Crippen LogP contribution in [0.1, 0.15) is 42.1 Å². The quantitative estimate of drug-likeness (QED) is 0.448. The predicted molar refractivity (Wildman–Crippen MR) is 144 cm³/mol. The molecule has 4 rings (SSSR count). The molecule has 3 N–H and O–H groups in total. The second-order valence-electron chi connectivity index (χ2n) is 9.66. The molecule has 0 saturated carbocycles. The summed E-state index contributed by atoms with van der Waals surface area (Å²) in [6.45, 7) is 1.95. The molecule has 214 valence electrons. The highest BCUT2D eigenvalue weighted by Gasteiger charge is 2.49. The van der Waals surface area contributed by atoms with Gasteiger partial charge in [-0.25, -0.2) is 14.0 Å². The zero-order valence-corrected chi connectivity index (χ0v) is 23.0. The van der Waals surface area contributed by atoms with Gasteiger partial charge in [-0.05, 0) is 56.2 Å². The SMILES string of the molecule is COC(=O)Nc1ccc(C(=O)N[C@@H](C[C@H](C)OC)C(=O)N2CCCC3(C2)OC(=O)Nc2ccc(Cl)c(F)c23)cc1. The molecule has 3 atom stereocenters. The van der Waals surface area contributed by atoms with Crippen LogP contribution in [0, 0.1) is 5.82 Å². The highest BCUT2D eigenvalue weighted by atomic mass is 35.5. The topological polar surface area (TPSA) is 135 Å². The minimum atomic E-state index is -1.44. The number of methoxy groups -OCH3 is 2. The molecule has 0 aromatic heterocycles. The van der Waals surface area contributed by atoms with E-state index in [1.165, 1.54) is 55.5 Å². The fourth-order valence-electron chi connectivity index (χ4n) is 4.95. The average Bonchev–Trinajstić information content (AvgIpc) is 2.94. The maximum atomic E-state index is 15.3. The summed E-state index contributed by atoms with van der Waals surface area (Å²) in [5, 5.41) is 7.63. The predicted octanol–water partition coefficient (Wildman–Crippen LogP) is 4.26. The van der Waals surface area contributed by atoms with E-state index in [0.717, 1.165) is 0 Å². The van der Waals surface area contributed by atoms with Gasteiger partial charge in [0.25, 0.3) is 5.91 Å². The van der Waals surface area contributed by atoms with Crippen LogP contribution in [0.25, 0.3) is 0 Å². The summed E-state index contributed by atoms with van der Waals surface area (Å²) >= 11 is 6.05. The molecule has 0 radical (unpaired) electrons. The first kappa shape index (κ1) is 29.1. The minimum absolute atomic E-state index is 0.0867. The molecule has 11 nitrogen and oxygen atoms in total. The highest BCUT2D eigenvalue weighted by molar-refractivity contribution is 6.31. The number of rotatable bonds is 7. The van der Waals surface area contributed by atoms with E-state index in [1.807, 2.05) is 0 Å². The van der Waals surface area contributed by atoms with Crippen molar-refractivity contribution in [2.24, 2.45) is 0 Å². The number of benzene rings is 2. The number of hydrogen-bond acceptors (Lipinski definition) is 7. The first-order valence-electron chi connectivity index (χ1n) is 12.6. The smallest absolute Gasteiger partial charge is 0.412 e. The van der Waals surface area contributed by atoms with E-state index in [2.05, 4.69) is 20.7 Å². The summed E-state index contributed by atoms with van der Waals surface area (Å²) in [6, 6.07) is 7.89. The van der Waals surface area contributed by atoms with Crippen molar-refractivity contribution in [1.29, 1.82) is 0 Å². The van der Waals surface area contributed by atoms with Gasteiger partial charge >= 0.3 is 12.2 Å². The van der Waals surface area contributed by atoms with Crippen LogP contribution in [-0.4, -0.2) is 68.4 Å². The van der Waals surface area contributed by atoms with Crippen LogP contribution >= 0.6 is 11.6 Å². The number of piperidine rings is 1. The fourth-order valence-corrected chi connectivity index (χ4v) is 5.10. The van der Waals surface area contributed by atoms with Gasteiger partial charge in [0.05, 0.1) is 36.0 Å². The summed E-state index contributed by atoms with van der Waals surface area (Å²) in [5.41, 5.74) is -0.443. The van der Waals surface area contributed by atoms with E-state index in [4.69, 9.17) is 21.1 Å². The normalized spacial score (nSPS) is 19.5. The largest absolute Gasteiger partial charge is 0.453 e. The van der Waals surface area contributed by atoms with E-state index in [-0.39, 0.29) is 47.3 Å². The van der Waals surface area contributed by atoms with Crippen molar-refractivity contribution in [1.82, 2.24) is 10.2 Å². The lowest BCUT2D eigenvalue weighted by Crippen LogP contribution is -2.57. The van der Waals surface area contributed by atoms with E-state index in [1.54, 1.807) is 6.92 Å². The van der Waals surface area contributed by atoms with Crippen molar-refractivity contribution in [3.8, 4) is 0 Å². The number of hydrogen-bond donors (Lipinski definition) is 3. The van der Waals surface area contributed by atoms with Crippen LogP contribution in [0.15, 0.2) is 36.4 Å². The molecule has 0 bridgehead atoms. The fraction of sp³-hybridized carbons (Fsp3) is 0.407. The Labute approximate surface area is 235 Å². The van der Waals surface area contributed by atoms with Crippen molar-refractivity contribution in [2.45, 2.75) is 43.9 Å². The molecule has 1 saturated heterocycles. The Kier molecular flexibility index (Phi) is 8.79. The van der Waals surface area contributed by atoms with E-state index >= 15 is 4.39 Å². The van der Waals surface area contributed by atoms with Gasteiger partial charge in [-0.2, -0.15) is 0 Å². The van der Waals surface area contributed by atoms with E-state index < -0.39 is 41.5 Å². The monoisotopic (exact) mass is 576 g/mol. The van der Waals surface area contributed by atoms with E-state index in [0.29, 0.717) is 18.7 Å². The highest BCUT2D eigenvalue weighted by Crippen LogP contribution is 2.45. The summed E-state index contributed by atoms with van der Waals surface area (Å²) in [5.74, 6) is -1.68. The Morgan fingerprint density at radius 2 is 1.93 bits per heavy atom. The van der Waals surface area contributed by atoms with Crippen LogP contribution < -0.4 is 16.0 Å². The van der Waals surface area contributed by atoms with Gasteiger partial charge in [0.2, 0.25) is 5.91 Å². The summed E-state index contributed by atoms with van der Waals surface area (Å²) in [7, 11) is 2.73. The van der Waals surface area contributed by atoms with Gasteiger partial charge < -0.3 is 24.4 Å². The molecular weight excluding hydrogens is 547 g/mol. The number of carbonyl (C=O) groups is 4. The molecule has 0 aliphatic carbocycles. The Morgan fingerprint density at radius 1 is 1.20 bits per heavy atom. The van der Waals surface area contributed by atoms with Crippen LogP contribution in [0.4, 0.5) is 25.4 Å². The number of carbonyl (C=O) groups excluding carboxylic acids is 4. The van der Waals surface area contributed by atoms with Gasteiger partial charge in [-0.1, -0.05) is 11.6 Å². The molecule has 1 fully saturated rings. The lowest BCUT2D eigenvalue weighted by atomic mass is 9.82. The lowest BCUT2D eigenvalue weighted by Gasteiger charge is -2.45. The number of amides is 4. The van der Waals surface area contributed by atoms with Crippen molar-refractivity contribution < 1.29 is 37.8 Å². The standard InChI is InChI=1S/C27H30ClFN4O7/c1-15(38-2)13-20(31-23(34)16-5-7-17(8-6-16)30-25(36)39-3)24(35)33-12-4-11-27(14-33)21-19(32-26(37)40-27)10-9-18(28)22(21)29/h5-10,15,20H,4,11-14H2,1-3H3,(H,30,36)(H,31,34)(H,32,37)/t15-,20-,27?/m0/s1. The third kappa shape index (κ3) is 6.13. The Hall–Kier alpha value is -3.90. The summed E-state index contributed by atoms with van der Waals surface area (Å²) < 4.78 is 30.8. The molecule has 2 aliphatic heterocycles. The number of fused-ring (bicyclic) bond motifs is 2. The molecular formula is C27H30ClFN4O7. The van der Waals surface area contributed by atoms with Gasteiger partial charge in [0.15, 0.2) is 11.4 Å². The second kappa shape index (κ2) is 12.1. The molecule has 2 aromatic rings. The first-order chi connectivity index (χ1) is 19.1. The Bertz CT molecular complexity index is 1310. The second-order valence-corrected chi connectivity index (χ2v) is 10.1. The minimum Gasteiger partial charge on any atom is -0.453 e. The molecule has 1 unspecified atom stereocenters. The first-order valence-corrected chi connectivity index (χ1v) is 13.0. The molecule has 13 heteroatoms. The van der Waals surface area contributed by atoms with Gasteiger partial charge in [-0.3, -0.25) is 20.2 Å². The molecule has 4 amide bonds. The summed E-state index contributed by atoms with van der Waals surface area (Å²) in [6.07, 6.45) is -0.935. The maximum Gasteiger partial charge on any atom is 0.412 e. The van der Waals surface area contributed by atoms with Crippen LogP contribution in [0.5, 0.6) is 0 Å². The van der Waals surface area contributed by atoms with Crippen LogP contribution in [0.3, 0.4) is 0 Å². The lowest BCUT2D eigenvalue weighted by molar-refractivity contribution is -0.142. The number of nitrogens with one attached hydrogen (secondary N) is 3. The van der Waals surface area contributed by atoms with Crippen molar-refractivity contribution >= 4 is 47.0 Å². The molecule has 2 heterocycles. The van der Waals surface area contributed by atoms with Crippen molar-refractivity contribution in [3.63, 3.8) is 0 Å². The van der Waals surface area contributed by atoms with Crippen LogP contribution in [0.2, 0.25) is 5.02 Å². The number of ether oxygens (including phenoxy) is 3. The zero-order chi connectivity index (χ0) is 29.0. The van der Waals surface area contributed by atoms with Gasteiger partial charge in [-0.15, -0.1) is 0 Å². The number of likely N-dealkylation sites (tertiary alicyclic amines) is 1. The Morgan fingerprint density at radius 3 is 2.60 bits per heavy atom. The van der Waals surface area contributed by atoms with Crippen molar-refractivity contribution in [2.75, 3.05) is 37.9 Å². The number of anilines is 2. The molecule has 2 aliphatic rings. The van der Waals surface area contributed by atoms with Crippen LogP contribution in [-0.2, 0) is 24.6 Å². The molecule has 40 heavy (non-hydrogen) atoms. The third-order valence-electron chi connectivity index (χ3n) is 6.99. The summed E-state index contributed by atoms with van der Waals surface area (Å²) in [4.78, 5) is 52.2. The molecule has 2 aromatic carbocycles.